The van der Waals surface area contributed by atoms with Gasteiger partial charge < -0.3 is 15.0 Å². The second kappa shape index (κ2) is 7.65. The van der Waals surface area contributed by atoms with E-state index >= 15 is 0 Å². The lowest BCUT2D eigenvalue weighted by Gasteiger charge is -2.26. The molecule has 1 aromatic carbocycles. The first-order valence-electron chi connectivity index (χ1n) is 7.42. The van der Waals surface area contributed by atoms with Crippen molar-refractivity contribution in [3.8, 4) is 0 Å². The number of thiophene rings is 1. The Balaban J connectivity index is 1.57. The number of benzene rings is 1. The van der Waals surface area contributed by atoms with Crippen molar-refractivity contribution in [2.45, 2.75) is 0 Å². The molecule has 2 N–H and O–H groups in total. The molecule has 126 valence electrons. The Morgan fingerprint density at radius 1 is 1.04 bits per heavy atom. The van der Waals surface area contributed by atoms with E-state index in [0.29, 0.717) is 46.9 Å². The van der Waals surface area contributed by atoms with Crippen molar-refractivity contribution in [3.63, 3.8) is 0 Å². The smallest absolute Gasteiger partial charge is 0.324 e. The van der Waals surface area contributed by atoms with Crippen LogP contribution in [0.25, 0.3) is 0 Å². The number of hydrogen-bond acceptors (Lipinski definition) is 4. The van der Waals surface area contributed by atoms with Crippen LogP contribution in [-0.4, -0.2) is 43.1 Å². The van der Waals surface area contributed by atoms with E-state index in [-0.39, 0.29) is 11.9 Å². The summed E-state index contributed by atoms with van der Waals surface area (Å²) in [4.78, 5) is 26.7. The van der Waals surface area contributed by atoms with E-state index < -0.39 is 0 Å². The molecule has 1 aromatic heterocycles. The van der Waals surface area contributed by atoms with E-state index in [9.17, 15) is 9.59 Å². The normalized spacial score (nSPS) is 14.3. The van der Waals surface area contributed by atoms with E-state index in [2.05, 4.69) is 10.6 Å². The SMILES string of the molecule is O=C(Nc1ccc(Cl)cc1)Nc1ccc(C(=O)N2CCOCC2)s1. The molecule has 1 saturated heterocycles. The quantitative estimate of drug-likeness (QED) is 0.874. The lowest BCUT2D eigenvalue weighted by atomic mass is 10.3. The van der Waals surface area contributed by atoms with Gasteiger partial charge >= 0.3 is 6.03 Å². The largest absolute Gasteiger partial charge is 0.378 e. The summed E-state index contributed by atoms with van der Waals surface area (Å²) in [6, 6.07) is 9.89. The first-order chi connectivity index (χ1) is 11.6. The molecule has 0 bridgehead atoms. The van der Waals surface area contributed by atoms with Crippen LogP contribution in [-0.2, 0) is 4.74 Å². The summed E-state index contributed by atoms with van der Waals surface area (Å²) in [6.07, 6.45) is 0. The van der Waals surface area contributed by atoms with E-state index in [1.165, 1.54) is 11.3 Å². The Kier molecular flexibility index (Phi) is 5.34. The molecule has 0 atom stereocenters. The summed E-state index contributed by atoms with van der Waals surface area (Å²) >= 11 is 7.05. The molecular formula is C16H16ClN3O3S. The van der Waals surface area contributed by atoms with Gasteiger partial charge in [-0.3, -0.25) is 10.1 Å². The molecule has 0 spiro atoms. The number of hydrogen-bond donors (Lipinski definition) is 2. The molecule has 3 amide bonds. The Bertz CT molecular complexity index is 726. The van der Waals surface area contributed by atoms with Crippen molar-refractivity contribution in [1.29, 1.82) is 0 Å². The van der Waals surface area contributed by atoms with Gasteiger partial charge in [0.15, 0.2) is 0 Å². The van der Waals surface area contributed by atoms with Crippen LogP contribution >= 0.6 is 22.9 Å². The topological polar surface area (TPSA) is 70.7 Å². The highest BCUT2D eigenvalue weighted by Gasteiger charge is 2.20. The molecule has 1 fully saturated rings. The molecule has 2 aromatic rings. The van der Waals surface area contributed by atoms with Crippen molar-refractivity contribution in [3.05, 3.63) is 46.3 Å². The molecule has 0 saturated carbocycles. The highest BCUT2D eigenvalue weighted by Crippen LogP contribution is 2.24. The van der Waals surface area contributed by atoms with Crippen LogP contribution in [0, 0.1) is 0 Å². The summed E-state index contributed by atoms with van der Waals surface area (Å²) in [6.45, 7) is 2.31. The first-order valence-corrected chi connectivity index (χ1v) is 8.62. The van der Waals surface area contributed by atoms with Gasteiger partial charge in [-0.1, -0.05) is 11.6 Å². The number of anilines is 2. The second-order valence-electron chi connectivity index (χ2n) is 5.15. The molecule has 6 nitrogen and oxygen atoms in total. The van der Waals surface area contributed by atoms with Crippen LogP contribution in [0.5, 0.6) is 0 Å². The zero-order chi connectivity index (χ0) is 16.9. The van der Waals surface area contributed by atoms with Crippen LogP contribution in [0.4, 0.5) is 15.5 Å². The molecule has 1 aliphatic heterocycles. The van der Waals surface area contributed by atoms with Gasteiger partial charge in [-0.15, -0.1) is 11.3 Å². The molecule has 8 heteroatoms. The lowest BCUT2D eigenvalue weighted by Crippen LogP contribution is -2.40. The zero-order valence-electron chi connectivity index (χ0n) is 12.8. The Labute approximate surface area is 148 Å². The summed E-state index contributed by atoms with van der Waals surface area (Å²) < 4.78 is 5.24. The number of nitrogens with zero attached hydrogens (tertiary/aromatic N) is 1. The monoisotopic (exact) mass is 365 g/mol. The highest BCUT2D eigenvalue weighted by atomic mass is 35.5. The highest BCUT2D eigenvalue weighted by molar-refractivity contribution is 7.18. The second-order valence-corrected chi connectivity index (χ2v) is 6.67. The summed E-state index contributed by atoms with van der Waals surface area (Å²) in [5.74, 6) is -0.0329. The molecule has 1 aliphatic rings. The minimum Gasteiger partial charge on any atom is -0.378 e. The molecule has 0 aliphatic carbocycles. The molecule has 2 heterocycles. The lowest BCUT2D eigenvalue weighted by molar-refractivity contribution is 0.0306. The summed E-state index contributed by atoms with van der Waals surface area (Å²) in [7, 11) is 0. The van der Waals surface area contributed by atoms with Crippen LogP contribution < -0.4 is 10.6 Å². The summed E-state index contributed by atoms with van der Waals surface area (Å²) in [5, 5.41) is 6.64. The fourth-order valence-corrected chi connectivity index (χ4v) is 3.24. The average Bonchev–Trinajstić information content (AvgIpc) is 3.05. The predicted octanol–water partition coefficient (Wildman–Crippen LogP) is 3.52. The number of nitrogens with one attached hydrogen (secondary N) is 2. The Morgan fingerprint density at radius 2 is 1.75 bits per heavy atom. The standard InChI is InChI=1S/C16H16ClN3O3S/c17-11-1-3-12(4-2-11)18-16(22)19-14-6-5-13(24-14)15(21)20-7-9-23-10-8-20/h1-6H,7-10H2,(H2,18,19,22). The fourth-order valence-electron chi connectivity index (χ4n) is 2.25. The van der Waals surface area contributed by atoms with Gasteiger partial charge in [0.25, 0.3) is 5.91 Å². The summed E-state index contributed by atoms with van der Waals surface area (Å²) in [5.41, 5.74) is 0.637. The number of carbonyl (C=O) groups excluding carboxylic acids is 2. The third-order valence-electron chi connectivity index (χ3n) is 3.45. The van der Waals surface area contributed by atoms with Crippen molar-refractivity contribution >= 4 is 45.6 Å². The Morgan fingerprint density at radius 3 is 2.46 bits per heavy atom. The van der Waals surface area contributed by atoms with Gasteiger partial charge in [-0.2, -0.15) is 0 Å². The van der Waals surface area contributed by atoms with E-state index in [1.54, 1.807) is 41.3 Å². The van der Waals surface area contributed by atoms with Gasteiger partial charge in [-0.05, 0) is 36.4 Å². The molecule has 0 radical (unpaired) electrons. The van der Waals surface area contributed by atoms with Crippen LogP contribution in [0.3, 0.4) is 0 Å². The predicted molar refractivity (Wildman–Crippen MR) is 95.1 cm³/mol. The van der Waals surface area contributed by atoms with Crippen molar-refractivity contribution in [2.24, 2.45) is 0 Å². The van der Waals surface area contributed by atoms with Crippen molar-refractivity contribution < 1.29 is 14.3 Å². The van der Waals surface area contributed by atoms with Gasteiger partial charge in [0.05, 0.1) is 23.1 Å². The number of urea groups is 1. The van der Waals surface area contributed by atoms with E-state index in [0.717, 1.165) is 0 Å². The number of ether oxygens (including phenoxy) is 1. The number of carbonyl (C=O) groups is 2. The zero-order valence-corrected chi connectivity index (χ0v) is 14.3. The molecule has 3 rings (SSSR count). The number of halogens is 1. The van der Waals surface area contributed by atoms with Crippen LogP contribution in [0.15, 0.2) is 36.4 Å². The third kappa shape index (κ3) is 4.25. The number of amides is 3. The van der Waals surface area contributed by atoms with E-state index in [4.69, 9.17) is 16.3 Å². The molecule has 0 unspecified atom stereocenters. The van der Waals surface area contributed by atoms with Gasteiger partial charge in [0, 0.05) is 23.8 Å². The first kappa shape index (κ1) is 16.8. The fraction of sp³-hybridized carbons (Fsp3) is 0.250. The van der Waals surface area contributed by atoms with Gasteiger partial charge in [0.2, 0.25) is 0 Å². The van der Waals surface area contributed by atoms with Crippen molar-refractivity contribution in [1.82, 2.24) is 4.90 Å². The van der Waals surface area contributed by atoms with Gasteiger partial charge in [0.1, 0.15) is 0 Å². The van der Waals surface area contributed by atoms with Crippen LogP contribution in [0.1, 0.15) is 9.67 Å². The number of morpholine rings is 1. The maximum absolute atomic E-state index is 12.4. The van der Waals surface area contributed by atoms with E-state index in [1.807, 2.05) is 0 Å². The molecule has 24 heavy (non-hydrogen) atoms. The van der Waals surface area contributed by atoms with Crippen LogP contribution in [0.2, 0.25) is 5.02 Å². The number of rotatable bonds is 3. The average molecular weight is 366 g/mol. The molecular weight excluding hydrogens is 350 g/mol. The minimum atomic E-state index is -0.371. The maximum atomic E-state index is 12.4. The maximum Gasteiger partial charge on any atom is 0.324 e. The van der Waals surface area contributed by atoms with Crippen molar-refractivity contribution in [2.75, 3.05) is 36.9 Å². The van der Waals surface area contributed by atoms with Gasteiger partial charge in [-0.25, -0.2) is 4.79 Å². The minimum absolute atomic E-state index is 0.0329. The third-order valence-corrected chi connectivity index (χ3v) is 4.69. The Hall–Kier alpha value is -2.09.